The summed E-state index contributed by atoms with van der Waals surface area (Å²) in [6.45, 7) is 4.17. The van der Waals surface area contributed by atoms with Crippen LogP contribution >= 0.6 is 0 Å². The molecule has 0 unspecified atom stereocenters. The van der Waals surface area contributed by atoms with Gasteiger partial charge in [-0.1, -0.05) is 0 Å². The Kier molecular flexibility index (Phi) is 6.48. The Hall–Kier alpha value is -4.68. The predicted molar refractivity (Wildman–Crippen MR) is 119 cm³/mol. The fourth-order valence-corrected chi connectivity index (χ4v) is 3.15. The van der Waals surface area contributed by atoms with Crippen molar-refractivity contribution in [1.82, 2.24) is 29.5 Å². The van der Waals surface area contributed by atoms with Crippen molar-refractivity contribution >= 4 is 17.7 Å². The maximum Gasteiger partial charge on any atom is 0.437 e. The van der Waals surface area contributed by atoms with Crippen molar-refractivity contribution in [1.29, 1.82) is 0 Å². The molecule has 4 rings (SSSR count). The molecule has 1 N–H and O–H groups in total. The van der Waals surface area contributed by atoms with E-state index in [1.54, 1.807) is 19.1 Å². The quantitative estimate of drug-likeness (QED) is 0.390. The minimum atomic E-state index is -0.904. The topological polar surface area (TPSA) is 147 Å². The van der Waals surface area contributed by atoms with Gasteiger partial charge in [-0.05, 0) is 51.1 Å². The van der Waals surface area contributed by atoms with Crippen molar-refractivity contribution in [2.24, 2.45) is 0 Å². The Morgan fingerprint density at radius 3 is 2.40 bits per heavy atom. The molecule has 0 spiro atoms. The summed E-state index contributed by atoms with van der Waals surface area (Å²) in [5.74, 6) is -2.39. The monoisotopic (exact) mass is 481 g/mol. The molecule has 1 aromatic carbocycles. The molecular weight excluding hydrogens is 461 g/mol. The standard InChI is InChI=1S/C22H20FN7O5/c1-12-8-13(2)25-21(24-12)30-17(9-14(3)27-30)26-18(31)11-34-19(32)10-29-22(33)35-20(28-29)15-4-6-16(23)7-5-15/h4-9H,10-11H2,1-3H3,(H,26,31). The number of amides is 1. The third-order valence-corrected chi connectivity index (χ3v) is 4.60. The summed E-state index contributed by atoms with van der Waals surface area (Å²) in [6, 6.07) is 8.54. The van der Waals surface area contributed by atoms with E-state index in [1.165, 1.54) is 28.9 Å². The number of halogens is 1. The van der Waals surface area contributed by atoms with Gasteiger partial charge < -0.3 is 14.5 Å². The number of esters is 1. The first kappa shape index (κ1) is 23.5. The SMILES string of the molecule is Cc1cc(C)nc(-n2nc(C)cc2NC(=O)COC(=O)Cn2nc(-c3ccc(F)cc3)oc2=O)n1. The first-order chi connectivity index (χ1) is 16.7. The van der Waals surface area contributed by atoms with E-state index in [0.717, 1.165) is 16.1 Å². The minimum absolute atomic E-state index is 0.0854. The van der Waals surface area contributed by atoms with Gasteiger partial charge in [0.1, 0.15) is 18.2 Å². The van der Waals surface area contributed by atoms with E-state index < -0.39 is 36.6 Å². The summed E-state index contributed by atoms with van der Waals surface area (Å²) < 4.78 is 25.1. The normalized spacial score (nSPS) is 10.9. The molecule has 0 radical (unpaired) electrons. The number of nitrogens with zero attached hydrogens (tertiary/aromatic N) is 6. The van der Waals surface area contributed by atoms with Gasteiger partial charge in [0.05, 0.1) is 5.69 Å². The summed E-state index contributed by atoms with van der Waals surface area (Å²) in [7, 11) is 0. The number of carbonyl (C=O) groups is 2. The Morgan fingerprint density at radius 2 is 1.71 bits per heavy atom. The molecule has 0 fully saturated rings. The smallest absolute Gasteiger partial charge is 0.437 e. The molecule has 3 heterocycles. The highest BCUT2D eigenvalue weighted by atomic mass is 19.1. The summed E-state index contributed by atoms with van der Waals surface area (Å²) in [6.07, 6.45) is 0. The van der Waals surface area contributed by atoms with Crippen molar-refractivity contribution in [3.05, 3.63) is 69.8 Å². The third kappa shape index (κ3) is 5.63. The van der Waals surface area contributed by atoms with Gasteiger partial charge in [-0.15, -0.1) is 5.10 Å². The van der Waals surface area contributed by atoms with E-state index >= 15 is 0 Å². The number of aryl methyl sites for hydroxylation is 3. The molecule has 180 valence electrons. The first-order valence-corrected chi connectivity index (χ1v) is 10.4. The molecule has 0 aliphatic carbocycles. The van der Waals surface area contributed by atoms with Gasteiger partial charge in [-0.2, -0.15) is 14.5 Å². The van der Waals surface area contributed by atoms with E-state index in [4.69, 9.17) is 9.15 Å². The van der Waals surface area contributed by atoms with Gasteiger partial charge in [0.25, 0.3) is 11.9 Å². The number of rotatable bonds is 7. The molecule has 0 aliphatic heterocycles. The zero-order valence-electron chi connectivity index (χ0n) is 19.0. The van der Waals surface area contributed by atoms with E-state index in [0.29, 0.717) is 17.1 Å². The highest BCUT2D eigenvalue weighted by Gasteiger charge is 2.17. The van der Waals surface area contributed by atoms with Crippen LogP contribution in [-0.4, -0.2) is 48.0 Å². The maximum atomic E-state index is 13.1. The number of carbonyl (C=O) groups excluding carboxylic acids is 2. The number of nitrogens with one attached hydrogen (secondary N) is 1. The van der Waals surface area contributed by atoms with Crippen LogP contribution < -0.4 is 11.1 Å². The fourth-order valence-electron chi connectivity index (χ4n) is 3.15. The lowest BCUT2D eigenvalue weighted by atomic mass is 10.2. The van der Waals surface area contributed by atoms with Crippen molar-refractivity contribution in [3.8, 4) is 17.4 Å². The van der Waals surface area contributed by atoms with Crippen LogP contribution in [0.2, 0.25) is 0 Å². The summed E-state index contributed by atoms with van der Waals surface area (Å²) in [5.41, 5.74) is 2.44. The molecule has 1 amide bonds. The molecule has 35 heavy (non-hydrogen) atoms. The number of aromatic nitrogens is 6. The number of hydrogen-bond acceptors (Lipinski definition) is 9. The van der Waals surface area contributed by atoms with Crippen LogP contribution in [0.1, 0.15) is 17.1 Å². The number of ether oxygens (including phenoxy) is 1. The van der Waals surface area contributed by atoms with Crippen LogP contribution in [0.5, 0.6) is 0 Å². The molecule has 0 aliphatic rings. The van der Waals surface area contributed by atoms with E-state index in [-0.39, 0.29) is 11.8 Å². The van der Waals surface area contributed by atoms with Gasteiger partial charge in [0.15, 0.2) is 6.61 Å². The average Bonchev–Trinajstić information content (AvgIpc) is 3.34. The number of anilines is 1. The lowest BCUT2D eigenvalue weighted by Crippen LogP contribution is -2.27. The Bertz CT molecular complexity index is 1440. The van der Waals surface area contributed by atoms with Crippen LogP contribution in [0.15, 0.2) is 45.6 Å². The van der Waals surface area contributed by atoms with Crippen LogP contribution in [0, 0.1) is 26.6 Å². The van der Waals surface area contributed by atoms with E-state index in [9.17, 15) is 18.8 Å². The molecule has 0 atom stereocenters. The summed E-state index contributed by atoms with van der Waals surface area (Å²) >= 11 is 0. The first-order valence-electron chi connectivity index (χ1n) is 10.4. The molecule has 3 aromatic heterocycles. The van der Waals surface area contributed by atoms with Crippen molar-refractivity contribution in [3.63, 3.8) is 0 Å². The second-order valence-corrected chi connectivity index (χ2v) is 7.58. The molecule has 4 aromatic rings. The molecule has 0 saturated heterocycles. The van der Waals surface area contributed by atoms with Crippen molar-refractivity contribution in [2.45, 2.75) is 27.3 Å². The third-order valence-electron chi connectivity index (χ3n) is 4.60. The van der Waals surface area contributed by atoms with Crippen molar-refractivity contribution < 1.29 is 23.1 Å². The second-order valence-electron chi connectivity index (χ2n) is 7.58. The van der Waals surface area contributed by atoms with Gasteiger partial charge in [-0.25, -0.2) is 19.2 Å². The van der Waals surface area contributed by atoms with Gasteiger partial charge in [-0.3, -0.25) is 9.59 Å². The maximum absolute atomic E-state index is 13.1. The molecule has 12 nitrogen and oxygen atoms in total. The largest absolute Gasteiger partial charge is 0.454 e. The summed E-state index contributed by atoms with van der Waals surface area (Å²) in [4.78, 5) is 45.2. The highest BCUT2D eigenvalue weighted by Crippen LogP contribution is 2.16. The van der Waals surface area contributed by atoms with Crippen LogP contribution in [0.3, 0.4) is 0 Å². The Labute approximate surface area is 197 Å². The van der Waals surface area contributed by atoms with Crippen LogP contribution in [0.4, 0.5) is 10.2 Å². The Balaban J connectivity index is 1.37. The molecule has 0 bridgehead atoms. The number of benzene rings is 1. The van der Waals surface area contributed by atoms with E-state index in [1.807, 2.05) is 13.8 Å². The lowest BCUT2D eigenvalue weighted by Gasteiger charge is -2.09. The predicted octanol–water partition coefficient (Wildman–Crippen LogP) is 1.73. The minimum Gasteiger partial charge on any atom is -0.454 e. The average molecular weight is 481 g/mol. The zero-order valence-corrected chi connectivity index (χ0v) is 19.0. The number of hydrogen-bond donors (Lipinski definition) is 1. The van der Waals surface area contributed by atoms with Crippen LogP contribution in [-0.2, 0) is 20.9 Å². The zero-order chi connectivity index (χ0) is 25.1. The van der Waals surface area contributed by atoms with Crippen LogP contribution in [0.25, 0.3) is 17.4 Å². The van der Waals surface area contributed by atoms with Gasteiger partial charge in [0, 0.05) is 23.0 Å². The van der Waals surface area contributed by atoms with Crippen molar-refractivity contribution in [2.75, 3.05) is 11.9 Å². The highest BCUT2D eigenvalue weighted by molar-refractivity contribution is 5.92. The fraction of sp³-hybridized carbons (Fsp3) is 0.227. The van der Waals surface area contributed by atoms with Gasteiger partial charge in [0.2, 0.25) is 5.89 Å². The molecule has 13 heteroatoms. The van der Waals surface area contributed by atoms with Gasteiger partial charge >= 0.3 is 11.7 Å². The lowest BCUT2D eigenvalue weighted by molar-refractivity contribution is -0.148. The summed E-state index contributed by atoms with van der Waals surface area (Å²) in [5, 5.41) is 10.8. The van der Waals surface area contributed by atoms with E-state index in [2.05, 4.69) is 25.5 Å². The molecule has 0 saturated carbocycles. The Morgan fingerprint density at radius 1 is 1.03 bits per heavy atom. The molecular formula is C22H20FN7O5. The second kappa shape index (κ2) is 9.67.